The molecule has 1 aromatic carbocycles. The molecule has 1 aliphatic heterocycles. The van der Waals surface area contributed by atoms with Crippen molar-refractivity contribution in [2.24, 2.45) is 0 Å². The molecule has 1 saturated heterocycles. The van der Waals surface area contributed by atoms with Crippen LogP contribution in [0.1, 0.15) is 0 Å². The smallest absolute Gasteiger partial charge is 0.103 e. The molecule has 0 aromatic heterocycles. The van der Waals surface area contributed by atoms with Gasteiger partial charge in [-0.25, -0.2) is 0 Å². The molecule has 5 heteroatoms. The second-order valence-corrected chi connectivity index (χ2v) is 7.39. The summed E-state index contributed by atoms with van der Waals surface area (Å²) >= 11 is 10.3. The lowest BCUT2D eigenvalue weighted by Crippen LogP contribution is -1.93. The van der Waals surface area contributed by atoms with Crippen LogP contribution in [-0.4, -0.2) is 15.7 Å². The third-order valence-electron chi connectivity index (χ3n) is 2.02. The molecule has 0 unspecified atom stereocenters. The summed E-state index contributed by atoms with van der Waals surface area (Å²) in [4.78, 5) is 1.08. The van der Waals surface area contributed by atoms with Gasteiger partial charge in [-0.1, -0.05) is 42.2 Å². The van der Waals surface area contributed by atoms with E-state index < -0.39 is 0 Å². The molecule has 1 fully saturated rings. The first-order valence-corrected chi connectivity index (χ1v) is 8.18. The van der Waals surface area contributed by atoms with Crippen LogP contribution in [0, 0.1) is 11.3 Å². The molecule has 0 atom stereocenters. The van der Waals surface area contributed by atoms with E-state index in [4.69, 9.17) is 12.2 Å². The van der Waals surface area contributed by atoms with Gasteiger partial charge in [-0.3, -0.25) is 0 Å². The van der Waals surface area contributed by atoms with E-state index in [2.05, 4.69) is 6.07 Å². The average Bonchev–Trinajstić information content (AvgIpc) is 2.85. The van der Waals surface area contributed by atoms with Crippen molar-refractivity contribution in [1.29, 1.82) is 5.26 Å². The number of nitrogens with zero attached hydrogens (tertiary/aromatic N) is 1. The molecule has 17 heavy (non-hydrogen) atoms. The lowest BCUT2D eigenvalue weighted by molar-refractivity contribution is 1.47. The highest BCUT2D eigenvalue weighted by molar-refractivity contribution is 8.26. The third-order valence-corrected chi connectivity index (χ3v) is 6.09. The minimum atomic E-state index is 0.668. The topological polar surface area (TPSA) is 23.8 Å². The van der Waals surface area contributed by atoms with Crippen LogP contribution < -0.4 is 0 Å². The van der Waals surface area contributed by atoms with E-state index in [1.165, 1.54) is 11.8 Å². The van der Waals surface area contributed by atoms with Crippen molar-refractivity contribution in [3.05, 3.63) is 40.1 Å². The third kappa shape index (κ3) is 3.52. The molecule has 1 aromatic rings. The van der Waals surface area contributed by atoms with E-state index in [1.54, 1.807) is 23.5 Å². The average molecular weight is 295 g/mol. The number of hydrogen-bond donors (Lipinski definition) is 0. The van der Waals surface area contributed by atoms with Gasteiger partial charge in [-0.2, -0.15) is 5.26 Å². The van der Waals surface area contributed by atoms with E-state index in [0.29, 0.717) is 9.77 Å². The minimum Gasteiger partial charge on any atom is -0.192 e. The zero-order valence-electron chi connectivity index (χ0n) is 8.88. The molecule has 1 heterocycles. The maximum atomic E-state index is 9.20. The van der Waals surface area contributed by atoms with Crippen molar-refractivity contribution in [3.8, 4) is 6.07 Å². The van der Waals surface area contributed by atoms with E-state index in [1.807, 2.05) is 30.3 Å². The van der Waals surface area contributed by atoms with Crippen LogP contribution in [0.4, 0.5) is 0 Å². The van der Waals surface area contributed by atoms with Crippen LogP contribution in [0.3, 0.4) is 0 Å². The maximum Gasteiger partial charge on any atom is 0.103 e. The fourth-order valence-corrected chi connectivity index (χ4v) is 5.18. The van der Waals surface area contributed by atoms with Crippen LogP contribution >= 0.6 is 47.5 Å². The van der Waals surface area contributed by atoms with Gasteiger partial charge >= 0.3 is 0 Å². The van der Waals surface area contributed by atoms with E-state index in [9.17, 15) is 5.26 Å². The Hall–Kier alpha value is -0.410. The standard InChI is InChI=1S/C12H9NS4/c13-8-10(12-15-6-7-16-12)11(14)17-9-4-2-1-3-5-9/h1-5H,6-7H2. The summed E-state index contributed by atoms with van der Waals surface area (Å²) in [6.07, 6.45) is 0. The molecule has 0 bridgehead atoms. The molecule has 1 nitrogen and oxygen atoms in total. The quantitative estimate of drug-likeness (QED) is 0.350. The van der Waals surface area contributed by atoms with Gasteiger partial charge in [-0.15, -0.1) is 23.5 Å². The minimum absolute atomic E-state index is 0.668. The lowest BCUT2D eigenvalue weighted by atomic mass is 10.4. The highest BCUT2D eigenvalue weighted by Gasteiger charge is 2.18. The Bertz CT molecular complexity index is 479. The van der Waals surface area contributed by atoms with Gasteiger partial charge in [0.25, 0.3) is 0 Å². The van der Waals surface area contributed by atoms with Crippen LogP contribution in [-0.2, 0) is 0 Å². The van der Waals surface area contributed by atoms with Gasteiger partial charge in [-0.05, 0) is 12.1 Å². The van der Waals surface area contributed by atoms with Crippen molar-refractivity contribution >= 4 is 51.7 Å². The second-order valence-electron chi connectivity index (χ2n) is 3.17. The summed E-state index contributed by atoms with van der Waals surface area (Å²) < 4.78 is 1.76. The lowest BCUT2D eigenvalue weighted by Gasteiger charge is -2.04. The molecular weight excluding hydrogens is 286 g/mol. The largest absolute Gasteiger partial charge is 0.192 e. The first kappa shape index (κ1) is 13.0. The van der Waals surface area contributed by atoms with Gasteiger partial charge in [0.1, 0.15) is 6.07 Å². The monoisotopic (exact) mass is 295 g/mol. The predicted molar refractivity (Wildman–Crippen MR) is 82.5 cm³/mol. The Morgan fingerprint density at radius 1 is 1.24 bits per heavy atom. The molecule has 0 spiro atoms. The molecule has 0 saturated carbocycles. The molecule has 2 rings (SSSR count). The predicted octanol–water partition coefficient (Wildman–Crippen LogP) is 4.32. The Morgan fingerprint density at radius 2 is 1.88 bits per heavy atom. The summed E-state index contributed by atoms with van der Waals surface area (Å²) in [7, 11) is 0. The first-order chi connectivity index (χ1) is 8.31. The highest BCUT2D eigenvalue weighted by atomic mass is 32.2. The molecule has 0 radical (unpaired) electrons. The Morgan fingerprint density at radius 3 is 2.47 bits per heavy atom. The normalized spacial score (nSPS) is 14.4. The number of rotatable bonds is 2. The molecule has 1 aliphatic rings. The number of hydrogen-bond acceptors (Lipinski definition) is 5. The number of thiocarbonyl (C=S) groups is 1. The van der Waals surface area contributed by atoms with Crippen molar-refractivity contribution in [2.45, 2.75) is 4.90 Å². The number of benzene rings is 1. The summed E-state index contributed by atoms with van der Waals surface area (Å²) in [6, 6.07) is 12.2. The van der Waals surface area contributed by atoms with E-state index in [0.717, 1.165) is 20.6 Å². The van der Waals surface area contributed by atoms with Crippen molar-refractivity contribution in [1.82, 2.24) is 0 Å². The second kappa shape index (κ2) is 6.50. The van der Waals surface area contributed by atoms with Gasteiger partial charge in [0.15, 0.2) is 0 Å². The Labute approximate surface area is 119 Å². The van der Waals surface area contributed by atoms with Crippen LogP contribution in [0.15, 0.2) is 45.0 Å². The summed E-state index contributed by atoms with van der Waals surface area (Å²) in [5, 5.41) is 9.20. The number of thioether (sulfide) groups is 3. The molecule has 0 aliphatic carbocycles. The summed E-state index contributed by atoms with van der Waals surface area (Å²) in [5.74, 6) is 2.15. The first-order valence-electron chi connectivity index (χ1n) is 4.98. The highest BCUT2D eigenvalue weighted by Crippen LogP contribution is 2.40. The number of nitriles is 1. The molecule has 0 amide bonds. The fourth-order valence-electron chi connectivity index (χ4n) is 1.28. The summed E-state index contributed by atoms with van der Waals surface area (Å²) in [5.41, 5.74) is 0.668. The van der Waals surface area contributed by atoms with Gasteiger partial charge in [0.2, 0.25) is 0 Å². The Kier molecular flexibility index (Phi) is 4.99. The molecular formula is C12H9NS4. The van der Waals surface area contributed by atoms with Gasteiger partial charge < -0.3 is 0 Å². The zero-order valence-corrected chi connectivity index (χ0v) is 12.1. The van der Waals surface area contributed by atoms with Crippen LogP contribution in [0.5, 0.6) is 0 Å². The van der Waals surface area contributed by atoms with E-state index >= 15 is 0 Å². The van der Waals surface area contributed by atoms with Gasteiger partial charge in [0.05, 0.1) is 14.0 Å². The fraction of sp³-hybridized carbons (Fsp3) is 0.167. The van der Waals surface area contributed by atoms with Crippen LogP contribution in [0.2, 0.25) is 0 Å². The van der Waals surface area contributed by atoms with Crippen LogP contribution in [0.25, 0.3) is 0 Å². The van der Waals surface area contributed by atoms with E-state index in [-0.39, 0.29) is 0 Å². The summed E-state index contributed by atoms with van der Waals surface area (Å²) in [6.45, 7) is 0. The zero-order chi connectivity index (χ0) is 12.1. The van der Waals surface area contributed by atoms with Crippen molar-refractivity contribution < 1.29 is 0 Å². The molecule has 0 N–H and O–H groups in total. The van der Waals surface area contributed by atoms with Crippen molar-refractivity contribution in [2.75, 3.05) is 11.5 Å². The SMILES string of the molecule is N#CC(C(=S)Sc1ccccc1)=C1SCCS1. The Balaban J connectivity index is 2.15. The molecule has 86 valence electrons. The maximum absolute atomic E-state index is 9.20. The van der Waals surface area contributed by atoms with Crippen molar-refractivity contribution in [3.63, 3.8) is 0 Å². The van der Waals surface area contributed by atoms with Gasteiger partial charge in [0, 0.05) is 16.4 Å².